The van der Waals surface area contributed by atoms with Crippen molar-refractivity contribution in [3.05, 3.63) is 51.0 Å². The molecule has 0 atom stereocenters. The molecule has 0 fully saturated rings. The van der Waals surface area contributed by atoms with Crippen LogP contribution in [0.4, 0.5) is 0 Å². The summed E-state index contributed by atoms with van der Waals surface area (Å²) >= 11 is 4.82. The maximum absolute atomic E-state index is 12.7. The van der Waals surface area contributed by atoms with Crippen LogP contribution in [-0.2, 0) is 12.3 Å². The minimum Gasteiger partial charge on any atom is -0.326 e. The second-order valence-electron chi connectivity index (χ2n) is 5.94. The molecule has 0 radical (unpaired) electrons. The Labute approximate surface area is 163 Å². The highest BCUT2D eigenvalue weighted by Crippen LogP contribution is 2.35. The first-order valence-electron chi connectivity index (χ1n) is 8.37. The summed E-state index contributed by atoms with van der Waals surface area (Å²) in [5.41, 5.74) is 0.916. The van der Waals surface area contributed by atoms with Crippen LogP contribution in [0.15, 0.2) is 39.9 Å². The molecule has 4 aromatic rings. The number of aryl methyl sites for hydroxylation is 2. The zero-order valence-electron chi connectivity index (χ0n) is 14.5. The van der Waals surface area contributed by atoms with E-state index >= 15 is 0 Å². The van der Waals surface area contributed by atoms with E-state index in [-0.39, 0.29) is 5.56 Å². The molecule has 8 heteroatoms. The number of hydrogen-bond donors (Lipinski definition) is 1. The highest BCUT2D eigenvalue weighted by Gasteiger charge is 2.14. The third kappa shape index (κ3) is 3.36. The van der Waals surface area contributed by atoms with Crippen LogP contribution in [0.5, 0.6) is 0 Å². The normalized spacial score (nSPS) is 11.5. The lowest BCUT2D eigenvalue weighted by Crippen LogP contribution is -2.10. The van der Waals surface area contributed by atoms with E-state index in [1.54, 1.807) is 23.1 Å². The first-order chi connectivity index (χ1) is 12.7. The van der Waals surface area contributed by atoms with Gasteiger partial charge >= 0.3 is 0 Å². The van der Waals surface area contributed by atoms with Crippen LogP contribution in [0.2, 0.25) is 0 Å². The molecule has 0 aliphatic carbocycles. The lowest BCUT2D eigenvalue weighted by atomic mass is 10.2. The fourth-order valence-electron chi connectivity index (χ4n) is 2.80. The summed E-state index contributed by atoms with van der Waals surface area (Å²) in [5.74, 6) is 1.28. The van der Waals surface area contributed by atoms with Crippen molar-refractivity contribution in [3.8, 4) is 10.4 Å². The van der Waals surface area contributed by atoms with Gasteiger partial charge in [-0.2, -0.15) is 0 Å². The first kappa shape index (κ1) is 17.5. The summed E-state index contributed by atoms with van der Waals surface area (Å²) in [6.07, 6.45) is 4.86. The van der Waals surface area contributed by atoms with Gasteiger partial charge in [0.2, 0.25) is 0 Å². The van der Waals surface area contributed by atoms with Crippen molar-refractivity contribution in [2.45, 2.75) is 37.7 Å². The van der Waals surface area contributed by atoms with Crippen molar-refractivity contribution in [3.63, 3.8) is 0 Å². The number of rotatable bonds is 6. The highest BCUT2D eigenvalue weighted by atomic mass is 32.2. The zero-order chi connectivity index (χ0) is 18.1. The van der Waals surface area contributed by atoms with Crippen molar-refractivity contribution in [2.75, 3.05) is 0 Å². The van der Waals surface area contributed by atoms with Gasteiger partial charge in [-0.1, -0.05) is 18.7 Å². The standard InChI is InChI=1S/C18H18N4OS3/c1-3-7-22-8-6-19-18(22)25-10-14-20-16(23)15-12(9-24-17(15)21-14)13-5-4-11(2)26-13/h4-6,8-9H,3,7,10H2,1-2H3,(H,20,21,23). The molecule has 0 saturated heterocycles. The van der Waals surface area contributed by atoms with Crippen molar-refractivity contribution in [1.82, 2.24) is 19.5 Å². The van der Waals surface area contributed by atoms with Gasteiger partial charge in [0.1, 0.15) is 10.7 Å². The molecular weight excluding hydrogens is 384 g/mol. The molecule has 1 N–H and O–H groups in total. The van der Waals surface area contributed by atoms with Gasteiger partial charge in [0, 0.05) is 39.6 Å². The molecule has 0 aliphatic heterocycles. The van der Waals surface area contributed by atoms with Crippen LogP contribution in [0.1, 0.15) is 24.0 Å². The molecule has 0 aromatic carbocycles. The lowest BCUT2D eigenvalue weighted by molar-refractivity contribution is 0.620. The number of nitrogens with one attached hydrogen (secondary N) is 1. The van der Waals surface area contributed by atoms with Crippen LogP contribution in [0, 0.1) is 6.92 Å². The largest absolute Gasteiger partial charge is 0.326 e. The van der Waals surface area contributed by atoms with E-state index in [2.05, 4.69) is 45.5 Å². The second kappa shape index (κ2) is 7.38. The van der Waals surface area contributed by atoms with Crippen LogP contribution in [0.25, 0.3) is 20.7 Å². The number of imidazole rings is 1. The number of nitrogens with zero attached hydrogens (tertiary/aromatic N) is 3. The Morgan fingerprint density at radius 2 is 2.23 bits per heavy atom. The summed E-state index contributed by atoms with van der Waals surface area (Å²) in [5, 5.41) is 3.68. The van der Waals surface area contributed by atoms with Gasteiger partial charge in [-0.05, 0) is 25.5 Å². The van der Waals surface area contributed by atoms with Gasteiger partial charge in [-0.3, -0.25) is 4.79 Å². The molecule has 4 rings (SSSR count). The van der Waals surface area contributed by atoms with Crippen LogP contribution in [0.3, 0.4) is 0 Å². The number of thioether (sulfide) groups is 1. The number of hydrogen-bond acceptors (Lipinski definition) is 6. The van der Waals surface area contributed by atoms with Gasteiger partial charge in [-0.15, -0.1) is 22.7 Å². The molecule has 4 heterocycles. The Balaban J connectivity index is 1.62. The second-order valence-corrected chi connectivity index (χ2v) is 9.03. The van der Waals surface area contributed by atoms with E-state index in [1.165, 1.54) is 16.2 Å². The van der Waals surface area contributed by atoms with Crippen molar-refractivity contribution in [2.24, 2.45) is 0 Å². The number of thiophene rings is 2. The summed E-state index contributed by atoms with van der Waals surface area (Å²) in [4.78, 5) is 27.8. The third-order valence-electron chi connectivity index (χ3n) is 3.98. The molecule has 0 bridgehead atoms. The van der Waals surface area contributed by atoms with E-state index in [9.17, 15) is 4.79 Å². The molecule has 0 amide bonds. The number of fused-ring (bicyclic) bond motifs is 1. The molecule has 0 saturated carbocycles. The third-order valence-corrected chi connectivity index (χ3v) is 6.90. The van der Waals surface area contributed by atoms with Crippen molar-refractivity contribution in [1.29, 1.82) is 0 Å². The first-order valence-corrected chi connectivity index (χ1v) is 11.0. The van der Waals surface area contributed by atoms with Gasteiger partial charge in [0.05, 0.1) is 11.1 Å². The fraction of sp³-hybridized carbons (Fsp3) is 0.278. The zero-order valence-corrected chi connectivity index (χ0v) is 16.9. The Kier molecular flexibility index (Phi) is 4.97. The van der Waals surface area contributed by atoms with Gasteiger partial charge < -0.3 is 9.55 Å². The van der Waals surface area contributed by atoms with Gasteiger partial charge in [0.15, 0.2) is 5.16 Å². The fourth-order valence-corrected chi connectivity index (χ4v) is 5.58. The minimum absolute atomic E-state index is 0.0650. The van der Waals surface area contributed by atoms with Crippen molar-refractivity contribution < 1.29 is 0 Å². The number of aromatic amines is 1. The Morgan fingerprint density at radius 1 is 1.35 bits per heavy atom. The molecule has 0 unspecified atom stereocenters. The molecule has 4 aromatic heterocycles. The number of aromatic nitrogens is 4. The quantitative estimate of drug-likeness (QED) is 0.465. The van der Waals surface area contributed by atoms with Crippen molar-refractivity contribution >= 4 is 44.7 Å². The lowest BCUT2D eigenvalue weighted by Gasteiger charge is -2.05. The van der Waals surface area contributed by atoms with Crippen LogP contribution >= 0.6 is 34.4 Å². The molecule has 134 valence electrons. The predicted molar refractivity (Wildman–Crippen MR) is 110 cm³/mol. The summed E-state index contributed by atoms with van der Waals surface area (Å²) in [6, 6.07) is 4.15. The van der Waals surface area contributed by atoms with E-state index in [0.717, 1.165) is 33.4 Å². The molecule has 26 heavy (non-hydrogen) atoms. The SMILES string of the molecule is CCCn1ccnc1SCc1nc2scc(-c3ccc(C)s3)c2c(=O)[nH]1. The maximum Gasteiger partial charge on any atom is 0.260 e. The summed E-state index contributed by atoms with van der Waals surface area (Å²) < 4.78 is 2.13. The molecule has 5 nitrogen and oxygen atoms in total. The summed E-state index contributed by atoms with van der Waals surface area (Å²) in [7, 11) is 0. The maximum atomic E-state index is 12.7. The van der Waals surface area contributed by atoms with E-state index in [1.807, 2.05) is 17.8 Å². The minimum atomic E-state index is -0.0650. The van der Waals surface area contributed by atoms with Gasteiger partial charge in [0.25, 0.3) is 5.56 Å². The summed E-state index contributed by atoms with van der Waals surface area (Å²) in [6.45, 7) is 5.16. The highest BCUT2D eigenvalue weighted by molar-refractivity contribution is 7.98. The topological polar surface area (TPSA) is 63.6 Å². The Morgan fingerprint density at radius 3 is 3.00 bits per heavy atom. The van der Waals surface area contributed by atoms with E-state index < -0.39 is 0 Å². The monoisotopic (exact) mass is 402 g/mol. The van der Waals surface area contributed by atoms with E-state index in [0.29, 0.717) is 17.0 Å². The molecule has 0 spiro atoms. The molecule has 0 aliphatic rings. The van der Waals surface area contributed by atoms with E-state index in [4.69, 9.17) is 0 Å². The number of H-pyrrole nitrogens is 1. The average molecular weight is 403 g/mol. The van der Waals surface area contributed by atoms with Gasteiger partial charge in [-0.25, -0.2) is 9.97 Å². The van der Waals surface area contributed by atoms with Crippen LogP contribution < -0.4 is 5.56 Å². The molecular formula is C18H18N4OS3. The average Bonchev–Trinajstić information content (AvgIpc) is 3.33. The predicted octanol–water partition coefficient (Wildman–Crippen LogP) is 4.92. The Hall–Kier alpha value is -1.90. The smallest absolute Gasteiger partial charge is 0.260 e. The van der Waals surface area contributed by atoms with Crippen LogP contribution in [-0.4, -0.2) is 19.5 Å². The Bertz CT molecular complexity index is 1110.